The summed E-state index contributed by atoms with van der Waals surface area (Å²) in [5, 5.41) is 0. The monoisotopic (exact) mass is 231 g/mol. The zero-order chi connectivity index (χ0) is 11.4. The minimum absolute atomic E-state index is 0.525. The lowest BCUT2D eigenvalue weighted by atomic mass is 10.2. The Kier molecular flexibility index (Phi) is 3.47. The van der Waals surface area contributed by atoms with Crippen molar-refractivity contribution in [2.75, 3.05) is 0 Å². The van der Waals surface area contributed by atoms with E-state index in [-0.39, 0.29) is 0 Å². The van der Waals surface area contributed by atoms with Crippen LogP contribution in [0.25, 0.3) is 0 Å². The van der Waals surface area contributed by atoms with E-state index in [4.69, 9.17) is 0 Å². The molecule has 2 rings (SSSR count). The van der Waals surface area contributed by atoms with Crippen LogP contribution in [0.15, 0.2) is 53.7 Å². The zero-order valence-corrected chi connectivity index (χ0v) is 9.91. The molecule has 1 atom stereocenters. The van der Waals surface area contributed by atoms with E-state index in [9.17, 15) is 4.21 Å². The molecule has 3 heteroatoms. The molecule has 1 heterocycles. The third kappa shape index (κ3) is 2.76. The van der Waals surface area contributed by atoms with E-state index >= 15 is 0 Å². The van der Waals surface area contributed by atoms with E-state index in [1.165, 1.54) is 5.56 Å². The number of aryl methyl sites for hydroxylation is 1. The zero-order valence-electron chi connectivity index (χ0n) is 9.09. The van der Waals surface area contributed by atoms with Gasteiger partial charge in [-0.15, -0.1) is 0 Å². The molecule has 0 fully saturated rings. The van der Waals surface area contributed by atoms with Crippen LogP contribution in [0.3, 0.4) is 0 Å². The molecule has 0 saturated heterocycles. The lowest BCUT2D eigenvalue weighted by Crippen LogP contribution is -1.96. The van der Waals surface area contributed by atoms with E-state index in [2.05, 4.69) is 4.98 Å². The van der Waals surface area contributed by atoms with Gasteiger partial charge in [0.2, 0.25) is 0 Å². The van der Waals surface area contributed by atoms with E-state index in [0.29, 0.717) is 5.75 Å². The highest BCUT2D eigenvalue weighted by atomic mass is 32.2. The maximum Gasteiger partial charge on any atom is 0.0574 e. The summed E-state index contributed by atoms with van der Waals surface area (Å²) in [5.74, 6) is 0.525. The molecule has 2 aromatic rings. The van der Waals surface area contributed by atoms with Gasteiger partial charge in [0, 0.05) is 17.3 Å². The van der Waals surface area contributed by atoms with Crippen LogP contribution in [0.2, 0.25) is 0 Å². The Morgan fingerprint density at radius 3 is 2.56 bits per heavy atom. The summed E-state index contributed by atoms with van der Waals surface area (Å²) < 4.78 is 12.0. The van der Waals surface area contributed by atoms with E-state index in [1.807, 2.05) is 43.3 Å². The van der Waals surface area contributed by atoms with Gasteiger partial charge in [0.05, 0.1) is 16.6 Å². The topological polar surface area (TPSA) is 30.0 Å². The predicted octanol–water partition coefficient (Wildman–Crippen LogP) is 2.70. The number of benzene rings is 1. The summed E-state index contributed by atoms with van der Waals surface area (Å²) in [6, 6.07) is 11.6. The van der Waals surface area contributed by atoms with Crippen molar-refractivity contribution >= 4 is 10.8 Å². The molecule has 0 aliphatic rings. The molecule has 0 unspecified atom stereocenters. The summed E-state index contributed by atoms with van der Waals surface area (Å²) in [5.41, 5.74) is 2.18. The van der Waals surface area contributed by atoms with Crippen LogP contribution in [0, 0.1) is 6.92 Å². The molecule has 1 aromatic heterocycles. The Morgan fingerprint density at radius 2 is 1.94 bits per heavy atom. The highest BCUT2D eigenvalue weighted by molar-refractivity contribution is 7.84. The predicted molar refractivity (Wildman–Crippen MR) is 65.5 cm³/mol. The molecular formula is C13H13NOS. The molecule has 0 radical (unpaired) electrons. The second kappa shape index (κ2) is 5.03. The lowest BCUT2D eigenvalue weighted by Gasteiger charge is -2.02. The molecule has 0 aliphatic carbocycles. The van der Waals surface area contributed by atoms with Crippen molar-refractivity contribution in [1.29, 1.82) is 0 Å². The van der Waals surface area contributed by atoms with Gasteiger partial charge in [-0.05, 0) is 30.7 Å². The average molecular weight is 231 g/mol. The Hall–Kier alpha value is -1.48. The quantitative estimate of drug-likeness (QED) is 0.813. The standard InChI is InChI=1S/C13H13NOS/c1-11-4-6-13(7-5-11)16(15)10-12-3-2-8-14-9-12/h2-9H,10H2,1H3/t16-/m0/s1. The Bertz CT molecular complexity index is 479. The minimum atomic E-state index is -0.983. The number of rotatable bonds is 3. The number of pyridine rings is 1. The SMILES string of the molecule is Cc1ccc([S@@](=O)Cc2cccnc2)cc1. The summed E-state index contributed by atoms with van der Waals surface area (Å²) in [6.07, 6.45) is 3.48. The van der Waals surface area contributed by atoms with Crippen LogP contribution in [0.4, 0.5) is 0 Å². The maximum atomic E-state index is 12.0. The van der Waals surface area contributed by atoms with Gasteiger partial charge in [-0.25, -0.2) is 0 Å². The largest absolute Gasteiger partial charge is 0.264 e. The second-order valence-corrected chi connectivity index (χ2v) is 5.12. The van der Waals surface area contributed by atoms with Gasteiger partial charge in [0.1, 0.15) is 0 Å². The van der Waals surface area contributed by atoms with E-state index in [1.54, 1.807) is 12.4 Å². The first-order chi connectivity index (χ1) is 7.75. The van der Waals surface area contributed by atoms with E-state index < -0.39 is 10.8 Å². The first-order valence-corrected chi connectivity index (χ1v) is 6.41. The van der Waals surface area contributed by atoms with Crippen molar-refractivity contribution in [3.8, 4) is 0 Å². The Morgan fingerprint density at radius 1 is 1.19 bits per heavy atom. The lowest BCUT2D eigenvalue weighted by molar-refractivity contribution is 0.682. The van der Waals surface area contributed by atoms with Gasteiger partial charge in [-0.3, -0.25) is 9.19 Å². The fourth-order valence-electron chi connectivity index (χ4n) is 1.41. The normalized spacial score (nSPS) is 12.3. The summed E-state index contributed by atoms with van der Waals surface area (Å²) in [6.45, 7) is 2.02. The van der Waals surface area contributed by atoms with Gasteiger partial charge in [-0.1, -0.05) is 23.8 Å². The second-order valence-electron chi connectivity index (χ2n) is 3.66. The summed E-state index contributed by atoms with van der Waals surface area (Å²) >= 11 is 0. The highest BCUT2D eigenvalue weighted by Gasteiger charge is 2.04. The van der Waals surface area contributed by atoms with Crippen molar-refractivity contribution in [2.24, 2.45) is 0 Å². The molecule has 0 bridgehead atoms. The van der Waals surface area contributed by atoms with Crippen LogP contribution < -0.4 is 0 Å². The van der Waals surface area contributed by atoms with Gasteiger partial charge < -0.3 is 0 Å². The highest BCUT2D eigenvalue weighted by Crippen LogP contribution is 2.12. The first kappa shape index (κ1) is 11.0. The maximum absolute atomic E-state index is 12.0. The van der Waals surface area contributed by atoms with Crippen molar-refractivity contribution < 1.29 is 4.21 Å². The number of aromatic nitrogens is 1. The molecule has 0 amide bonds. The summed E-state index contributed by atoms with van der Waals surface area (Å²) in [7, 11) is -0.983. The van der Waals surface area contributed by atoms with Gasteiger partial charge in [0.15, 0.2) is 0 Å². The van der Waals surface area contributed by atoms with Crippen LogP contribution in [-0.2, 0) is 16.6 Å². The molecule has 82 valence electrons. The fraction of sp³-hybridized carbons (Fsp3) is 0.154. The molecule has 0 spiro atoms. The molecule has 0 aliphatic heterocycles. The van der Waals surface area contributed by atoms with Crippen LogP contribution in [-0.4, -0.2) is 9.19 Å². The Labute approximate surface area is 97.8 Å². The number of nitrogens with zero attached hydrogens (tertiary/aromatic N) is 1. The summed E-state index contributed by atoms with van der Waals surface area (Å²) in [4.78, 5) is 4.88. The van der Waals surface area contributed by atoms with Crippen molar-refractivity contribution in [2.45, 2.75) is 17.6 Å². The van der Waals surface area contributed by atoms with E-state index in [0.717, 1.165) is 10.5 Å². The minimum Gasteiger partial charge on any atom is -0.264 e. The van der Waals surface area contributed by atoms with Gasteiger partial charge >= 0.3 is 0 Å². The molecule has 1 aromatic carbocycles. The number of hydrogen-bond acceptors (Lipinski definition) is 2. The van der Waals surface area contributed by atoms with Crippen molar-refractivity contribution in [3.63, 3.8) is 0 Å². The van der Waals surface area contributed by atoms with Crippen LogP contribution in [0.1, 0.15) is 11.1 Å². The smallest absolute Gasteiger partial charge is 0.0574 e. The third-order valence-electron chi connectivity index (χ3n) is 2.30. The molecule has 0 N–H and O–H groups in total. The Balaban J connectivity index is 2.12. The average Bonchev–Trinajstić information content (AvgIpc) is 2.31. The molecule has 2 nitrogen and oxygen atoms in total. The first-order valence-electron chi connectivity index (χ1n) is 5.09. The van der Waals surface area contributed by atoms with Crippen LogP contribution >= 0.6 is 0 Å². The van der Waals surface area contributed by atoms with Gasteiger partial charge in [0.25, 0.3) is 0 Å². The fourth-order valence-corrected chi connectivity index (χ4v) is 2.49. The third-order valence-corrected chi connectivity index (χ3v) is 3.70. The van der Waals surface area contributed by atoms with Gasteiger partial charge in [-0.2, -0.15) is 0 Å². The molecule has 0 saturated carbocycles. The molecule has 16 heavy (non-hydrogen) atoms. The van der Waals surface area contributed by atoms with Crippen molar-refractivity contribution in [1.82, 2.24) is 4.98 Å². The number of hydrogen-bond donors (Lipinski definition) is 0. The molecular weight excluding hydrogens is 218 g/mol. The van der Waals surface area contributed by atoms with Crippen LogP contribution in [0.5, 0.6) is 0 Å². The van der Waals surface area contributed by atoms with Crippen molar-refractivity contribution in [3.05, 3.63) is 59.9 Å².